The van der Waals surface area contributed by atoms with Gasteiger partial charge in [0.25, 0.3) is 0 Å². The molecule has 0 atom stereocenters. The number of hydrogen-bond acceptors (Lipinski definition) is 4. The molecule has 0 saturated carbocycles. The van der Waals surface area contributed by atoms with E-state index in [1.54, 1.807) is 11.3 Å². The van der Waals surface area contributed by atoms with E-state index < -0.39 is 0 Å². The van der Waals surface area contributed by atoms with Gasteiger partial charge in [-0.1, -0.05) is 90.2 Å². The maximum absolute atomic E-state index is 4.77. The van der Waals surface area contributed by atoms with Crippen LogP contribution in [-0.2, 0) is 0 Å². The minimum Gasteiger partial charge on any atom is -0.182 e. The summed E-state index contributed by atoms with van der Waals surface area (Å²) in [6, 6.07) is 27.0. The van der Waals surface area contributed by atoms with Crippen LogP contribution < -0.4 is 0 Å². The minimum absolute atomic E-state index is 0.784. The van der Waals surface area contributed by atoms with Crippen LogP contribution in [0.3, 0.4) is 0 Å². The molecule has 5 heteroatoms. The molecule has 3 aromatic carbocycles. The maximum Gasteiger partial charge on any atom is 0.235 e. The van der Waals surface area contributed by atoms with Crippen LogP contribution in [0.5, 0.6) is 0 Å². The molecule has 0 unspecified atom stereocenters. The van der Waals surface area contributed by atoms with Gasteiger partial charge in [0.2, 0.25) is 4.96 Å². The van der Waals surface area contributed by atoms with Gasteiger partial charge in [-0.15, -0.1) is 10.2 Å². The van der Waals surface area contributed by atoms with Crippen LogP contribution in [0, 0.1) is 6.92 Å². The molecule has 0 aliphatic carbocycles. The lowest BCUT2D eigenvalue weighted by atomic mass is 10.0. The summed E-state index contributed by atoms with van der Waals surface area (Å²) in [4.78, 5) is 0.801. The molecule has 27 heavy (non-hydrogen) atoms. The van der Waals surface area contributed by atoms with Gasteiger partial charge in [-0.25, -0.2) is 0 Å². The van der Waals surface area contributed by atoms with Gasteiger partial charge in [0, 0.05) is 11.1 Å². The Morgan fingerprint density at radius 1 is 0.704 bits per heavy atom. The Morgan fingerprint density at radius 2 is 1.37 bits per heavy atom. The van der Waals surface area contributed by atoms with Crippen LogP contribution in [0.25, 0.3) is 38.0 Å². The summed E-state index contributed by atoms with van der Waals surface area (Å²) < 4.78 is 1.84. The fraction of sp³-hybridized carbons (Fsp3) is 0.0455. The highest BCUT2D eigenvalue weighted by molar-refractivity contribution is 7.19. The van der Waals surface area contributed by atoms with E-state index in [9.17, 15) is 0 Å². The van der Waals surface area contributed by atoms with Crippen molar-refractivity contribution in [2.75, 3.05) is 0 Å². The van der Waals surface area contributed by atoms with E-state index in [1.807, 2.05) is 22.7 Å². The van der Waals surface area contributed by atoms with E-state index in [0.29, 0.717) is 0 Å². The Bertz CT molecular complexity index is 1220. The fourth-order valence-corrected chi connectivity index (χ4v) is 4.01. The van der Waals surface area contributed by atoms with Gasteiger partial charge < -0.3 is 0 Å². The number of aromatic nitrogens is 4. The molecule has 130 valence electrons. The lowest BCUT2D eigenvalue weighted by Crippen LogP contribution is -1.93. The zero-order valence-corrected chi connectivity index (χ0v) is 15.5. The number of hydrogen-bond donors (Lipinski definition) is 0. The van der Waals surface area contributed by atoms with Crippen molar-refractivity contribution in [2.24, 2.45) is 0 Å². The Kier molecular flexibility index (Phi) is 3.80. The summed E-state index contributed by atoms with van der Waals surface area (Å²) in [5.74, 6) is 0.784. The predicted octanol–water partition coefficient (Wildman–Crippen LogP) is 5.50. The molecule has 5 rings (SSSR count). The zero-order chi connectivity index (χ0) is 18.2. The first-order chi connectivity index (χ1) is 13.3. The summed E-state index contributed by atoms with van der Waals surface area (Å²) in [5, 5.41) is 14.4. The summed E-state index contributed by atoms with van der Waals surface area (Å²) in [7, 11) is 0. The molecule has 0 saturated heterocycles. The van der Waals surface area contributed by atoms with Gasteiger partial charge in [-0.2, -0.15) is 9.61 Å². The largest absolute Gasteiger partial charge is 0.235 e. The number of fused-ring (bicyclic) bond motifs is 1. The van der Waals surface area contributed by atoms with E-state index in [1.165, 1.54) is 11.1 Å². The normalized spacial score (nSPS) is 11.1. The van der Waals surface area contributed by atoms with Gasteiger partial charge in [0.05, 0.1) is 0 Å². The summed E-state index contributed by atoms with van der Waals surface area (Å²) in [5.41, 5.74) is 5.71. The quantitative estimate of drug-likeness (QED) is 0.423. The molecule has 0 fully saturated rings. The highest BCUT2D eigenvalue weighted by Gasteiger charge is 2.15. The first-order valence-corrected chi connectivity index (χ1v) is 9.55. The fourth-order valence-electron chi connectivity index (χ4n) is 3.16. The lowest BCUT2D eigenvalue weighted by Gasteiger charge is -2.03. The topological polar surface area (TPSA) is 43.1 Å². The minimum atomic E-state index is 0.784. The Balaban J connectivity index is 1.54. The third kappa shape index (κ3) is 2.82. The van der Waals surface area contributed by atoms with Crippen LogP contribution >= 0.6 is 11.3 Å². The number of aryl methyl sites for hydroxylation is 1. The summed E-state index contributed by atoms with van der Waals surface area (Å²) in [6.45, 7) is 2.08. The van der Waals surface area contributed by atoms with Gasteiger partial charge in [0.1, 0.15) is 5.01 Å². The van der Waals surface area contributed by atoms with E-state index >= 15 is 0 Å². The van der Waals surface area contributed by atoms with Gasteiger partial charge in [-0.3, -0.25) is 0 Å². The monoisotopic (exact) mass is 368 g/mol. The number of benzene rings is 3. The van der Waals surface area contributed by atoms with Crippen molar-refractivity contribution in [2.45, 2.75) is 6.92 Å². The Labute approximate surface area is 160 Å². The molecule has 0 N–H and O–H groups in total. The molecule has 0 amide bonds. The molecule has 0 radical (unpaired) electrons. The van der Waals surface area contributed by atoms with E-state index in [2.05, 4.69) is 77.8 Å². The smallest absolute Gasteiger partial charge is 0.182 e. The number of rotatable bonds is 3. The average Bonchev–Trinajstić information content (AvgIpc) is 3.30. The second-order valence-electron chi connectivity index (χ2n) is 6.38. The van der Waals surface area contributed by atoms with Crippen LogP contribution in [0.15, 0.2) is 78.9 Å². The Hall–Kier alpha value is -3.31. The molecule has 0 aliphatic rings. The standard InChI is InChI=1S/C22H16N4S/c1-15-7-5-6-10-19(15)20-23-24-22-26(20)25-21(27-22)18-13-11-17(12-14-18)16-8-3-2-4-9-16/h2-14H,1H3. The molecule has 0 spiro atoms. The molecule has 4 nitrogen and oxygen atoms in total. The van der Waals surface area contributed by atoms with Crippen molar-refractivity contribution in [1.29, 1.82) is 0 Å². The summed E-state index contributed by atoms with van der Waals surface area (Å²) in [6.07, 6.45) is 0. The van der Waals surface area contributed by atoms with Crippen LogP contribution in [0.1, 0.15) is 5.56 Å². The third-order valence-corrected chi connectivity index (χ3v) is 5.56. The third-order valence-electron chi connectivity index (χ3n) is 4.62. The SMILES string of the molecule is Cc1ccccc1-c1nnc2sc(-c3ccc(-c4ccccc4)cc3)nn12. The van der Waals surface area contributed by atoms with E-state index in [4.69, 9.17) is 5.10 Å². The predicted molar refractivity (Wildman–Crippen MR) is 110 cm³/mol. The van der Waals surface area contributed by atoms with Crippen LogP contribution in [0.4, 0.5) is 0 Å². The summed E-state index contributed by atoms with van der Waals surface area (Å²) >= 11 is 1.55. The molecule has 2 heterocycles. The van der Waals surface area contributed by atoms with E-state index in [0.717, 1.165) is 32.5 Å². The van der Waals surface area contributed by atoms with Crippen molar-refractivity contribution in [3.63, 3.8) is 0 Å². The second-order valence-corrected chi connectivity index (χ2v) is 7.34. The highest BCUT2D eigenvalue weighted by Crippen LogP contribution is 2.30. The molecular weight excluding hydrogens is 352 g/mol. The number of nitrogens with zero attached hydrogens (tertiary/aromatic N) is 4. The van der Waals surface area contributed by atoms with Crippen molar-refractivity contribution in [1.82, 2.24) is 19.8 Å². The maximum atomic E-state index is 4.77. The van der Waals surface area contributed by atoms with Crippen molar-refractivity contribution < 1.29 is 0 Å². The second kappa shape index (κ2) is 6.45. The van der Waals surface area contributed by atoms with Gasteiger partial charge in [-0.05, 0) is 23.6 Å². The first-order valence-electron chi connectivity index (χ1n) is 8.74. The molecule has 5 aromatic rings. The Morgan fingerprint density at radius 3 is 2.15 bits per heavy atom. The molecule has 0 bridgehead atoms. The van der Waals surface area contributed by atoms with Crippen LogP contribution in [-0.4, -0.2) is 19.8 Å². The van der Waals surface area contributed by atoms with Crippen molar-refractivity contribution in [3.8, 4) is 33.1 Å². The zero-order valence-electron chi connectivity index (χ0n) is 14.7. The van der Waals surface area contributed by atoms with Gasteiger partial charge in [0.15, 0.2) is 5.82 Å². The van der Waals surface area contributed by atoms with Crippen LogP contribution in [0.2, 0.25) is 0 Å². The first kappa shape index (κ1) is 15.9. The molecular formula is C22H16N4S. The average molecular weight is 368 g/mol. The molecule has 0 aliphatic heterocycles. The van der Waals surface area contributed by atoms with Gasteiger partial charge >= 0.3 is 0 Å². The highest BCUT2D eigenvalue weighted by atomic mass is 32.1. The molecule has 2 aromatic heterocycles. The lowest BCUT2D eigenvalue weighted by molar-refractivity contribution is 0.969. The van der Waals surface area contributed by atoms with Crippen molar-refractivity contribution >= 4 is 16.3 Å². The van der Waals surface area contributed by atoms with E-state index in [-0.39, 0.29) is 0 Å². The van der Waals surface area contributed by atoms with Crippen molar-refractivity contribution in [3.05, 3.63) is 84.4 Å².